The summed E-state index contributed by atoms with van der Waals surface area (Å²) in [5.41, 5.74) is 3.93. The molecule has 0 saturated carbocycles. The SMILES string of the molecule is CC(C)=CCC/C(C)=C/CC/C(C)=C/CSCC(NC(=O)CCC(=O)O)S(N)(=O)=O. The van der Waals surface area contributed by atoms with Crippen LogP contribution in [0.25, 0.3) is 0 Å². The number of primary sulfonamides is 1. The number of amides is 1. The van der Waals surface area contributed by atoms with E-state index in [0.717, 1.165) is 25.7 Å². The molecule has 0 heterocycles. The molecule has 1 atom stereocenters. The molecule has 0 aliphatic heterocycles. The first kappa shape index (κ1) is 28.4. The van der Waals surface area contributed by atoms with E-state index in [-0.39, 0.29) is 18.6 Å². The minimum Gasteiger partial charge on any atom is -0.481 e. The van der Waals surface area contributed by atoms with E-state index in [1.54, 1.807) is 0 Å². The van der Waals surface area contributed by atoms with Gasteiger partial charge in [0.05, 0.1) is 6.42 Å². The first-order chi connectivity index (χ1) is 13.9. The zero-order chi connectivity index (χ0) is 23.2. The van der Waals surface area contributed by atoms with Gasteiger partial charge in [-0.1, -0.05) is 34.9 Å². The molecule has 1 unspecified atom stereocenters. The maximum Gasteiger partial charge on any atom is 0.303 e. The van der Waals surface area contributed by atoms with Crippen LogP contribution in [0.1, 0.15) is 66.2 Å². The molecule has 0 aliphatic carbocycles. The average Bonchev–Trinajstić information content (AvgIpc) is 2.61. The third-order valence-corrected chi connectivity index (χ3v) is 6.49. The first-order valence-corrected chi connectivity index (χ1v) is 12.7. The summed E-state index contributed by atoms with van der Waals surface area (Å²) >= 11 is 1.35. The molecule has 0 fully saturated rings. The number of hydrogen-bond acceptors (Lipinski definition) is 5. The molecule has 0 aromatic heterocycles. The van der Waals surface area contributed by atoms with Crippen molar-refractivity contribution < 1.29 is 23.1 Å². The molecule has 0 saturated heterocycles. The third kappa shape index (κ3) is 16.2. The van der Waals surface area contributed by atoms with Gasteiger partial charge in [0.15, 0.2) is 5.37 Å². The van der Waals surface area contributed by atoms with E-state index < -0.39 is 27.3 Å². The molecular weight excluding hydrogens is 424 g/mol. The highest BCUT2D eigenvalue weighted by molar-refractivity contribution is 8.00. The Kier molecular flexibility index (Phi) is 14.5. The number of aliphatic carboxylic acids is 1. The number of hydrogen-bond donors (Lipinski definition) is 3. The van der Waals surface area contributed by atoms with Gasteiger partial charge in [-0.25, -0.2) is 13.6 Å². The molecule has 7 nitrogen and oxygen atoms in total. The van der Waals surface area contributed by atoms with Gasteiger partial charge in [0.25, 0.3) is 0 Å². The number of allylic oxidation sites excluding steroid dienone is 5. The largest absolute Gasteiger partial charge is 0.481 e. The highest BCUT2D eigenvalue weighted by Crippen LogP contribution is 2.13. The van der Waals surface area contributed by atoms with Gasteiger partial charge in [0.2, 0.25) is 15.9 Å². The fourth-order valence-corrected chi connectivity index (χ4v) is 4.58. The van der Waals surface area contributed by atoms with Crippen molar-refractivity contribution in [3.63, 3.8) is 0 Å². The van der Waals surface area contributed by atoms with E-state index in [1.165, 1.54) is 28.5 Å². The van der Waals surface area contributed by atoms with E-state index in [4.69, 9.17) is 10.2 Å². The van der Waals surface area contributed by atoms with Crippen LogP contribution in [0.4, 0.5) is 0 Å². The van der Waals surface area contributed by atoms with Crippen LogP contribution in [0.5, 0.6) is 0 Å². The van der Waals surface area contributed by atoms with Crippen molar-refractivity contribution in [3.05, 3.63) is 34.9 Å². The van der Waals surface area contributed by atoms with Crippen LogP contribution in [0, 0.1) is 0 Å². The lowest BCUT2D eigenvalue weighted by Gasteiger charge is -2.15. The normalized spacial score (nSPS) is 13.6. The molecule has 0 aliphatic rings. The van der Waals surface area contributed by atoms with Crippen molar-refractivity contribution in [1.29, 1.82) is 0 Å². The Bertz CT molecular complexity index is 751. The van der Waals surface area contributed by atoms with Crippen molar-refractivity contribution >= 4 is 33.7 Å². The summed E-state index contributed by atoms with van der Waals surface area (Å²) in [4.78, 5) is 22.2. The van der Waals surface area contributed by atoms with E-state index in [2.05, 4.69) is 38.2 Å². The summed E-state index contributed by atoms with van der Waals surface area (Å²) in [6.45, 7) is 8.39. The van der Waals surface area contributed by atoms with Gasteiger partial charge in [0, 0.05) is 17.9 Å². The highest BCUT2D eigenvalue weighted by atomic mass is 32.2. The summed E-state index contributed by atoms with van der Waals surface area (Å²) < 4.78 is 23.3. The van der Waals surface area contributed by atoms with E-state index >= 15 is 0 Å². The number of carbonyl (C=O) groups excluding carboxylic acids is 1. The van der Waals surface area contributed by atoms with E-state index in [0.29, 0.717) is 5.75 Å². The number of thioether (sulfide) groups is 1. The van der Waals surface area contributed by atoms with Crippen molar-refractivity contribution in [2.24, 2.45) is 5.14 Å². The number of sulfonamides is 1. The summed E-state index contributed by atoms with van der Waals surface area (Å²) in [5.74, 6) is -1.06. The van der Waals surface area contributed by atoms with Gasteiger partial charge in [0.1, 0.15) is 0 Å². The predicted octanol–water partition coefficient (Wildman–Crippen LogP) is 3.73. The second-order valence-electron chi connectivity index (χ2n) is 7.54. The Labute approximate surface area is 185 Å². The molecule has 4 N–H and O–H groups in total. The number of nitrogens with one attached hydrogen (secondary N) is 1. The van der Waals surface area contributed by atoms with E-state index in [9.17, 15) is 18.0 Å². The van der Waals surface area contributed by atoms with Crippen LogP contribution in [0.3, 0.4) is 0 Å². The van der Waals surface area contributed by atoms with Gasteiger partial charge in [-0.05, 0) is 53.4 Å². The monoisotopic (exact) mass is 460 g/mol. The molecule has 0 radical (unpaired) electrons. The van der Waals surface area contributed by atoms with Gasteiger partial charge >= 0.3 is 5.97 Å². The summed E-state index contributed by atoms with van der Waals surface area (Å²) in [5, 5.41) is 14.8. The molecule has 0 spiro atoms. The van der Waals surface area contributed by atoms with E-state index in [1.807, 2.05) is 13.0 Å². The smallest absolute Gasteiger partial charge is 0.303 e. The zero-order valence-electron chi connectivity index (χ0n) is 18.4. The molecule has 0 aromatic rings. The topological polar surface area (TPSA) is 127 Å². The minimum absolute atomic E-state index is 0.102. The highest BCUT2D eigenvalue weighted by Gasteiger charge is 2.23. The Morgan fingerprint density at radius 2 is 1.53 bits per heavy atom. The number of nitrogens with two attached hydrogens (primary N) is 1. The van der Waals surface area contributed by atoms with Crippen LogP contribution >= 0.6 is 11.8 Å². The molecule has 0 bridgehead atoms. The second-order valence-corrected chi connectivity index (χ2v) is 10.4. The number of carboxylic acids is 1. The summed E-state index contributed by atoms with van der Waals surface area (Å²) in [7, 11) is -3.97. The maximum absolute atomic E-state index is 11.7. The Hall–Kier alpha value is -1.58. The molecule has 1 amide bonds. The molecule has 30 heavy (non-hydrogen) atoms. The molecule has 0 rings (SSSR count). The molecule has 0 aromatic carbocycles. The Balaban J connectivity index is 4.37. The fourth-order valence-electron chi connectivity index (χ4n) is 2.41. The molecule has 9 heteroatoms. The number of carbonyl (C=O) groups is 2. The second kappa shape index (κ2) is 15.3. The summed E-state index contributed by atoms with van der Waals surface area (Å²) in [6, 6.07) is 0. The summed E-state index contributed by atoms with van der Waals surface area (Å²) in [6.07, 6.45) is 9.93. The van der Waals surface area contributed by atoms with Crippen LogP contribution in [-0.4, -0.2) is 42.3 Å². The first-order valence-electron chi connectivity index (χ1n) is 9.97. The average molecular weight is 461 g/mol. The molecular formula is C21H36N2O5S2. The van der Waals surface area contributed by atoms with Crippen LogP contribution < -0.4 is 10.5 Å². The molecule has 172 valence electrons. The Morgan fingerprint density at radius 3 is 2.07 bits per heavy atom. The zero-order valence-corrected chi connectivity index (χ0v) is 20.1. The maximum atomic E-state index is 11.7. The predicted molar refractivity (Wildman–Crippen MR) is 125 cm³/mol. The van der Waals surface area contributed by atoms with Gasteiger partial charge in [-0.15, -0.1) is 0 Å². The van der Waals surface area contributed by atoms with Crippen molar-refractivity contribution in [1.82, 2.24) is 5.32 Å². The van der Waals surface area contributed by atoms with Crippen molar-refractivity contribution in [2.75, 3.05) is 11.5 Å². The quantitative estimate of drug-likeness (QED) is 0.252. The lowest BCUT2D eigenvalue weighted by atomic mass is 10.1. The van der Waals surface area contributed by atoms with Crippen LogP contribution in [0.2, 0.25) is 0 Å². The van der Waals surface area contributed by atoms with Crippen molar-refractivity contribution in [3.8, 4) is 0 Å². The lowest BCUT2D eigenvalue weighted by Crippen LogP contribution is -2.45. The van der Waals surface area contributed by atoms with Crippen LogP contribution in [0.15, 0.2) is 34.9 Å². The van der Waals surface area contributed by atoms with Gasteiger partial charge in [-0.2, -0.15) is 11.8 Å². The van der Waals surface area contributed by atoms with Crippen LogP contribution in [-0.2, 0) is 19.6 Å². The van der Waals surface area contributed by atoms with Crippen molar-refractivity contribution in [2.45, 2.75) is 71.6 Å². The van der Waals surface area contributed by atoms with Gasteiger partial charge < -0.3 is 10.4 Å². The standard InChI is InChI=1S/C21H36N2O5S2/c1-16(2)7-5-8-17(3)9-6-10-18(4)13-14-29-15-20(30(22,27)28)23-19(24)11-12-21(25)26/h7,9,13,20H,5-6,8,10-12,14-15H2,1-4H3,(H,23,24)(H,25,26)(H2,22,27,28)/b17-9+,18-13+. The third-order valence-electron chi connectivity index (χ3n) is 4.23. The Morgan fingerprint density at radius 1 is 0.967 bits per heavy atom. The number of carboxylic acid groups (broad SMARTS) is 1. The van der Waals surface area contributed by atoms with Gasteiger partial charge in [-0.3, -0.25) is 9.59 Å². The minimum atomic E-state index is -3.97. The lowest BCUT2D eigenvalue weighted by molar-refractivity contribution is -0.138. The fraction of sp³-hybridized carbons (Fsp3) is 0.619. The number of rotatable bonds is 15.